The van der Waals surface area contributed by atoms with E-state index in [0.29, 0.717) is 6.42 Å². The summed E-state index contributed by atoms with van der Waals surface area (Å²) >= 11 is 0. The van der Waals surface area contributed by atoms with E-state index in [4.69, 9.17) is 22.3 Å². The zero-order chi connectivity index (χ0) is 28.0. The fourth-order valence-corrected chi connectivity index (χ4v) is 3.00. The molecule has 15 nitrogen and oxygen atoms in total. The number of carboxylic acid groups (broad SMARTS) is 2. The first-order valence-electron chi connectivity index (χ1n) is 11.6. The number of aliphatic hydroxyl groups is 1. The molecular formula is C21H39N7O8. The van der Waals surface area contributed by atoms with Crippen LogP contribution in [-0.4, -0.2) is 87.8 Å². The zero-order valence-corrected chi connectivity index (χ0v) is 20.8. The third kappa shape index (κ3) is 12.3. The van der Waals surface area contributed by atoms with Crippen molar-refractivity contribution in [3.8, 4) is 0 Å². The minimum Gasteiger partial charge on any atom is -0.481 e. The van der Waals surface area contributed by atoms with Crippen LogP contribution in [0, 0.1) is 5.92 Å². The maximum Gasteiger partial charge on any atom is 0.326 e. The number of amides is 3. The molecular weight excluding hydrogens is 478 g/mol. The van der Waals surface area contributed by atoms with Gasteiger partial charge in [-0.2, -0.15) is 0 Å². The number of carbonyl (C=O) groups excluding carboxylic acids is 3. The van der Waals surface area contributed by atoms with Gasteiger partial charge in [-0.05, 0) is 32.1 Å². The van der Waals surface area contributed by atoms with Crippen molar-refractivity contribution >= 4 is 35.6 Å². The molecule has 0 aliphatic rings. The third-order valence-electron chi connectivity index (χ3n) is 5.46. The monoisotopic (exact) mass is 517 g/mol. The summed E-state index contributed by atoms with van der Waals surface area (Å²) in [7, 11) is 0. The van der Waals surface area contributed by atoms with Crippen LogP contribution in [0.3, 0.4) is 0 Å². The van der Waals surface area contributed by atoms with Crippen LogP contribution in [0.4, 0.5) is 0 Å². The molecule has 15 heteroatoms. The Kier molecular flexibility index (Phi) is 14.7. The van der Waals surface area contributed by atoms with E-state index in [1.54, 1.807) is 6.92 Å². The highest BCUT2D eigenvalue weighted by Crippen LogP contribution is 2.08. The number of guanidine groups is 1. The number of aliphatic hydroxyl groups excluding tert-OH is 1. The lowest BCUT2D eigenvalue weighted by Crippen LogP contribution is -2.60. The van der Waals surface area contributed by atoms with Gasteiger partial charge in [-0.25, -0.2) is 4.79 Å². The number of carbonyl (C=O) groups is 5. The number of aliphatic imine (C=N–C) groups is 1. The Morgan fingerprint density at radius 1 is 0.889 bits per heavy atom. The Hall–Kier alpha value is -3.46. The second kappa shape index (κ2) is 16.3. The summed E-state index contributed by atoms with van der Waals surface area (Å²) in [5.41, 5.74) is 16.5. The maximum absolute atomic E-state index is 13.0. The van der Waals surface area contributed by atoms with Crippen LogP contribution in [0.1, 0.15) is 52.9 Å². The van der Waals surface area contributed by atoms with Crippen molar-refractivity contribution in [2.75, 3.05) is 6.54 Å². The van der Waals surface area contributed by atoms with Crippen LogP contribution in [0.15, 0.2) is 4.99 Å². The molecule has 0 rings (SSSR count). The van der Waals surface area contributed by atoms with Crippen molar-refractivity contribution in [1.82, 2.24) is 16.0 Å². The smallest absolute Gasteiger partial charge is 0.326 e. The minimum absolute atomic E-state index is 0.0616. The molecule has 36 heavy (non-hydrogen) atoms. The second-order valence-corrected chi connectivity index (χ2v) is 8.48. The van der Waals surface area contributed by atoms with E-state index in [-0.39, 0.29) is 31.3 Å². The predicted molar refractivity (Wildman–Crippen MR) is 129 cm³/mol. The van der Waals surface area contributed by atoms with Crippen molar-refractivity contribution in [3.63, 3.8) is 0 Å². The molecule has 6 unspecified atom stereocenters. The summed E-state index contributed by atoms with van der Waals surface area (Å²) in [4.78, 5) is 64.2. The molecule has 0 bridgehead atoms. The Bertz CT molecular complexity index is 801. The van der Waals surface area contributed by atoms with E-state index >= 15 is 0 Å². The number of hydrogen-bond acceptors (Lipinski definition) is 8. The van der Waals surface area contributed by atoms with Gasteiger partial charge in [-0.3, -0.25) is 24.2 Å². The number of nitrogens with zero attached hydrogens (tertiary/aromatic N) is 1. The number of rotatable bonds is 17. The first-order chi connectivity index (χ1) is 16.7. The van der Waals surface area contributed by atoms with Crippen LogP contribution >= 0.6 is 0 Å². The molecule has 3 amide bonds. The Labute approximate surface area is 209 Å². The average Bonchev–Trinajstić information content (AvgIpc) is 2.79. The van der Waals surface area contributed by atoms with Gasteiger partial charge in [0.25, 0.3) is 0 Å². The van der Waals surface area contributed by atoms with E-state index in [0.717, 1.165) is 0 Å². The normalized spacial score (nSPS) is 15.8. The van der Waals surface area contributed by atoms with Gasteiger partial charge in [0.15, 0.2) is 5.96 Å². The Balaban J connectivity index is 5.57. The fourth-order valence-electron chi connectivity index (χ4n) is 3.00. The lowest BCUT2D eigenvalue weighted by atomic mass is 9.98. The van der Waals surface area contributed by atoms with Gasteiger partial charge < -0.3 is 48.5 Å². The molecule has 0 aromatic carbocycles. The van der Waals surface area contributed by atoms with Gasteiger partial charge in [-0.1, -0.05) is 20.3 Å². The van der Waals surface area contributed by atoms with Crippen LogP contribution < -0.4 is 33.2 Å². The van der Waals surface area contributed by atoms with E-state index in [1.165, 1.54) is 6.92 Å². The highest BCUT2D eigenvalue weighted by Gasteiger charge is 2.33. The number of carboxylic acids is 2. The molecule has 0 saturated heterocycles. The van der Waals surface area contributed by atoms with Crippen molar-refractivity contribution < 1.29 is 39.3 Å². The number of hydrogen-bond donors (Lipinski definition) is 9. The van der Waals surface area contributed by atoms with Gasteiger partial charge in [0, 0.05) is 13.0 Å². The van der Waals surface area contributed by atoms with Gasteiger partial charge in [0.1, 0.15) is 18.1 Å². The highest BCUT2D eigenvalue weighted by molar-refractivity contribution is 5.94. The van der Waals surface area contributed by atoms with Crippen LogP contribution in [0.25, 0.3) is 0 Å². The molecule has 12 N–H and O–H groups in total. The van der Waals surface area contributed by atoms with Crippen LogP contribution in [0.2, 0.25) is 0 Å². The average molecular weight is 518 g/mol. The topological polar surface area (TPSA) is 273 Å². The SMILES string of the molecule is CCC(C)C(N)C(=O)NC(CCCN=C(N)N)C(=O)NC(C(=O)NC(CCC(=O)O)C(=O)O)C(C)O. The second-order valence-electron chi connectivity index (χ2n) is 8.48. The Morgan fingerprint density at radius 3 is 1.94 bits per heavy atom. The van der Waals surface area contributed by atoms with Gasteiger partial charge in [0.2, 0.25) is 17.7 Å². The van der Waals surface area contributed by atoms with Gasteiger partial charge >= 0.3 is 11.9 Å². The molecule has 0 radical (unpaired) electrons. The molecule has 0 aliphatic carbocycles. The van der Waals surface area contributed by atoms with E-state index in [9.17, 15) is 34.2 Å². The predicted octanol–water partition coefficient (Wildman–Crippen LogP) is -2.80. The zero-order valence-electron chi connectivity index (χ0n) is 20.8. The number of aliphatic carboxylic acids is 2. The number of nitrogens with two attached hydrogens (primary N) is 3. The fraction of sp³-hybridized carbons (Fsp3) is 0.714. The molecule has 0 aromatic rings. The van der Waals surface area contributed by atoms with Crippen molar-refractivity contribution in [2.24, 2.45) is 28.1 Å². The standard InChI is InChI=1S/C21H39N7O8/c1-4-10(2)15(22)18(33)26-12(6-5-9-25-21(23)24)17(32)28-16(11(3)29)19(34)27-13(20(35)36)7-8-14(30)31/h10-13,15-16,29H,4-9,22H2,1-3H3,(H,26,33)(H,27,34)(H,28,32)(H,30,31)(H,35,36)(H4,23,24,25). The molecule has 0 heterocycles. The first kappa shape index (κ1) is 32.5. The maximum atomic E-state index is 13.0. The van der Waals surface area contributed by atoms with E-state index in [2.05, 4.69) is 20.9 Å². The summed E-state index contributed by atoms with van der Waals surface area (Å²) in [5.74, 6) is -5.54. The van der Waals surface area contributed by atoms with Crippen molar-refractivity contribution in [1.29, 1.82) is 0 Å². The van der Waals surface area contributed by atoms with Crippen LogP contribution in [0.5, 0.6) is 0 Å². The molecule has 0 aromatic heterocycles. The molecule has 0 spiro atoms. The quantitative estimate of drug-likeness (QED) is 0.0539. The highest BCUT2D eigenvalue weighted by atomic mass is 16.4. The van der Waals surface area contributed by atoms with Crippen LogP contribution in [-0.2, 0) is 24.0 Å². The lowest BCUT2D eigenvalue weighted by Gasteiger charge is -2.27. The Morgan fingerprint density at radius 2 is 1.47 bits per heavy atom. The summed E-state index contributed by atoms with van der Waals surface area (Å²) < 4.78 is 0. The van der Waals surface area contributed by atoms with Crippen molar-refractivity contribution in [2.45, 2.75) is 83.1 Å². The largest absolute Gasteiger partial charge is 0.481 e. The molecule has 0 aliphatic heterocycles. The molecule has 6 atom stereocenters. The summed E-state index contributed by atoms with van der Waals surface area (Å²) in [6.45, 7) is 4.98. The van der Waals surface area contributed by atoms with E-state index in [1.807, 2.05) is 6.92 Å². The van der Waals surface area contributed by atoms with E-state index < -0.39 is 72.8 Å². The number of nitrogens with one attached hydrogen (secondary N) is 3. The van der Waals surface area contributed by atoms with Gasteiger partial charge in [0.05, 0.1) is 12.1 Å². The lowest BCUT2D eigenvalue weighted by molar-refractivity contribution is -0.144. The molecule has 0 saturated carbocycles. The van der Waals surface area contributed by atoms with Gasteiger partial charge in [-0.15, -0.1) is 0 Å². The first-order valence-corrected chi connectivity index (χ1v) is 11.6. The summed E-state index contributed by atoms with van der Waals surface area (Å²) in [6.07, 6.45) is -1.43. The summed E-state index contributed by atoms with van der Waals surface area (Å²) in [5, 5.41) is 35.0. The minimum atomic E-state index is -1.59. The molecule has 0 fully saturated rings. The van der Waals surface area contributed by atoms with Crippen molar-refractivity contribution in [3.05, 3.63) is 0 Å². The summed E-state index contributed by atoms with van der Waals surface area (Å²) in [6, 6.07) is -5.22. The molecule has 206 valence electrons. The third-order valence-corrected chi connectivity index (χ3v) is 5.46.